The van der Waals surface area contributed by atoms with Gasteiger partial charge in [-0.1, -0.05) is 90.3 Å². The van der Waals surface area contributed by atoms with Crippen molar-refractivity contribution in [2.24, 2.45) is 0 Å². The number of carbonyl (C=O) groups excluding carboxylic acids is 2. The predicted octanol–water partition coefficient (Wildman–Crippen LogP) is 5.82. The molecule has 5 aromatic rings. The summed E-state index contributed by atoms with van der Waals surface area (Å²) in [5, 5.41) is 0. The van der Waals surface area contributed by atoms with Crippen LogP contribution in [-0.4, -0.2) is 76.4 Å². The third-order valence-electron chi connectivity index (χ3n) is 9.91. The number of amides is 2. The SMILES string of the molecule is Cc1ccc(S(=O)(=O)N([C@H](C)[C@H](CCN2C(=O)c3ccccc3C2=O)N(S(=O)(=O)c2ccc(C)cc2)S(=O)(=O)c2ccc(C)cc2)S(=O)(=O)c2ccc(C)cc2)cc1. The second kappa shape index (κ2) is 16.0. The Morgan fingerprint density at radius 2 is 0.724 bits per heavy atom. The van der Waals surface area contributed by atoms with Crippen molar-refractivity contribution in [3.63, 3.8) is 0 Å². The Morgan fingerprint density at radius 3 is 1.02 bits per heavy atom. The van der Waals surface area contributed by atoms with E-state index in [2.05, 4.69) is 0 Å². The van der Waals surface area contributed by atoms with Crippen LogP contribution in [0.25, 0.3) is 0 Å². The van der Waals surface area contributed by atoms with Crippen LogP contribution in [-0.2, 0) is 40.1 Å². The van der Waals surface area contributed by atoms with Crippen LogP contribution in [0.3, 0.4) is 0 Å². The molecule has 0 aromatic heterocycles. The zero-order valence-corrected chi connectivity index (χ0v) is 35.4. The summed E-state index contributed by atoms with van der Waals surface area (Å²) in [6, 6.07) is 22.8. The number of fused-ring (bicyclic) bond motifs is 1. The van der Waals surface area contributed by atoms with Gasteiger partial charge in [-0.2, -0.15) is 0 Å². The first-order valence-electron chi connectivity index (χ1n) is 18.0. The van der Waals surface area contributed by atoms with E-state index in [0.29, 0.717) is 22.3 Å². The monoisotopic (exact) mass is 863 g/mol. The van der Waals surface area contributed by atoms with Crippen molar-refractivity contribution in [3.8, 4) is 0 Å². The van der Waals surface area contributed by atoms with Gasteiger partial charge in [0.1, 0.15) is 0 Å². The van der Waals surface area contributed by atoms with Crippen molar-refractivity contribution in [2.75, 3.05) is 6.54 Å². The number of benzene rings is 5. The molecule has 5 aromatic carbocycles. The van der Waals surface area contributed by atoms with Crippen LogP contribution in [0.5, 0.6) is 0 Å². The Hall–Kier alpha value is -5.04. The fourth-order valence-electron chi connectivity index (χ4n) is 6.68. The molecule has 58 heavy (non-hydrogen) atoms. The molecular formula is C41H41N3O10S4. The number of sulfonamides is 4. The number of imide groups is 1. The Kier molecular flexibility index (Phi) is 11.7. The molecule has 13 nitrogen and oxygen atoms in total. The number of carbonyl (C=O) groups is 2. The van der Waals surface area contributed by atoms with E-state index >= 15 is 0 Å². The second-order valence-corrected chi connectivity index (χ2v) is 21.8. The molecule has 0 fully saturated rings. The maximum Gasteiger partial charge on any atom is 0.261 e. The first-order valence-corrected chi connectivity index (χ1v) is 23.8. The van der Waals surface area contributed by atoms with Gasteiger partial charge in [0, 0.05) is 6.54 Å². The predicted molar refractivity (Wildman–Crippen MR) is 217 cm³/mol. The van der Waals surface area contributed by atoms with Gasteiger partial charge < -0.3 is 0 Å². The molecule has 6 rings (SSSR count). The highest BCUT2D eigenvalue weighted by atomic mass is 32.3. The average molecular weight is 864 g/mol. The molecule has 1 aliphatic rings. The van der Waals surface area contributed by atoms with E-state index in [1.165, 1.54) is 109 Å². The number of hydrogen-bond donors (Lipinski definition) is 0. The Morgan fingerprint density at radius 1 is 0.448 bits per heavy atom. The molecule has 0 spiro atoms. The van der Waals surface area contributed by atoms with Gasteiger partial charge in [0.2, 0.25) is 0 Å². The lowest BCUT2D eigenvalue weighted by atomic mass is 10.1. The summed E-state index contributed by atoms with van der Waals surface area (Å²) in [5.74, 6) is -1.50. The molecule has 2 amide bonds. The topological polar surface area (TPSA) is 180 Å². The highest BCUT2D eigenvalue weighted by Gasteiger charge is 2.51. The second-order valence-electron chi connectivity index (χ2n) is 14.1. The van der Waals surface area contributed by atoms with E-state index < -0.39 is 96.5 Å². The summed E-state index contributed by atoms with van der Waals surface area (Å²) in [6.45, 7) is 7.22. The number of hydrogen-bond acceptors (Lipinski definition) is 10. The van der Waals surface area contributed by atoms with Crippen LogP contribution in [0.1, 0.15) is 56.3 Å². The van der Waals surface area contributed by atoms with E-state index in [0.717, 1.165) is 11.8 Å². The summed E-state index contributed by atoms with van der Waals surface area (Å²) < 4.78 is 120. The normalized spacial score (nSPS) is 14.8. The van der Waals surface area contributed by atoms with E-state index in [1.54, 1.807) is 39.8 Å². The number of rotatable bonds is 14. The van der Waals surface area contributed by atoms with Crippen LogP contribution in [0.2, 0.25) is 0 Å². The highest BCUT2D eigenvalue weighted by Crippen LogP contribution is 2.36. The fourth-order valence-corrected chi connectivity index (χ4v) is 15.0. The zero-order valence-electron chi connectivity index (χ0n) is 32.2. The lowest BCUT2D eigenvalue weighted by Crippen LogP contribution is -2.57. The van der Waals surface area contributed by atoms with Crippen molar-refractivity contribution < 1.29 is 43.3 Å². The largest absolute Gasteiger partial charge is 0.274 e. The lowest BCUT2D eigenvalue weighted by Gasteiger charge is -2.38. The molecule has 1 heterocycles. The van der Waals surface area contributed by atoms with Crippen LogP contribution in [0, 0.1) is 27.7 Å². The molecule has 0 saturated heterocycles. The van der Waals surface area contributed by atoms with Gasteiger partial charge in [-0.3, -0.25) is 14.5 Å². The fraction of sp³-hybridized carbons (Fsp3) is 0.220. The highest BCUT2D eigenvalue weighted by molar-refractivity contribution is 8.04. The summed E-state index contributed by atoms with van der Waals surface area (Å²) in [5.41, 5.74) is 2.69. The number of aryl methyl sites for hydroxylation is 4. The quantitative estimate of drug-likeness (QED) is 0.123. The molecule has 304 valence electrons. The maximum atomic E-state index is 15.0. The molecule has 0 saturated carbocycles. The Bertz CT molecular complexity index is 2640. The van der Waals surface area contributed by atoms with Gasteiger partial charge in [0.25, 0.3) is 51.9 Å². The third-order valence-corrected chi connectivity index (χ3v) is 18.8. The van der Waals surface area contributed by atoms with E-state index in [4.69, 9.17) is 0 Å². The minimum atomic E-state index is -5.23. The molecule has 0 aliphatic carbocycles. The zero-order chi connectivity index (χ0) is 42.4. The van der Waals surface area contributed by atoms with Crippen molar-refractivity contribution in [2.45, 2.75) is 72.7 Å². The third kappa shape index (κ3) is 7.89. The summed E-state index contributed by atoms with van der Waals surface area (Å²) >= 11 is 0. The van der Waals surface area contributed by atoms with E-state index in [1.807, 2.05) is 0 Å². The summed E-state index contributed by atoms with van der Waals surface area (Å²) in [4.78, 5) is 26.0. The van der Waals surface area contributed by atoms with Gasteiger partial charge in [-0.25, -0.2) is 33.7 Å². The standard InChI is InChI=1S/C41H41N3O10S4/c1-28-10-18-33(19-11-28)55(47,48)43(56(49,50)34-20-12-29(2)13-21-34)32(5)39(26-27-42-40(45)37-8-6-7-9-38(37)41(42)46)44(57(51,52)35-22-14-30(3)15-23-35)58(53,54)36-24-16-31(4)17-25-36/h6-25,32,39H,26-27H2,1-5H3/t32-,39+/m1/s1. The number of nitrogens with zero attached hydrogens (tertiary/aromatic N) is 3. The molecule has 0 unspecified atom stereocenters. The summed E-state index contributed by atoms with van der Waals surface area (Å²) in [7, 11) is -20.8. The van der Waals surface area contributed by atoms with Gasteiger partial charge in [0.05, 0.1) is 42.8 Å². The van der Waals surface area contributed by atoms with Gasteiger partial charge in [0.15, 0.2) is 0 Å². The Balaban J connectivity index is 1.63. The maximum absolute atomic E-state index is 15.0. The first kappa shape index (κ1) is 42.6. The molecule has 2 atom stereocenters. The summed E-state index contributed by atoms with van der Waals surface area (Å²) in [6.07, 6.45) is -0.730. The van der Waals surface area contributed by atoms with E-state index in [-0.39, 0.29) is 18.5 Å². The molecule has 0 radical (unpaired) electrons. The van der Waals surface area contributed by atoms with Crippen molar-refractivity contribution in [3.05, 3.63) is 155 Å². The minimum Gasteiger partial charge on any atom is -0.274 e. The molecule has 0 bridgehead atoms. The minimum absolute atomic E-state index is 0.0547. The van der Waals surface area contributed by atoms with Crippen molar-refractivity contribution in [1.29, 1.82) is 0 Å². The lowest BCUT2D eigenvalue weighted by molar-refractivity contribution is 0.0643. The van der Waals surface area contributed by atoms with E-state index in [9.17, 15) is 43.3 Å². The average Bonchev–Trinajstić information content (AvgIpc) is 3.41. The van der Waals surface area contributed by atoms with Crippen LogP contribution in [0.4, 0.5) is 0 Å². The van der Waals surface area contributed by atoms with Crippen LogP contribution < -0.4 is 0 Å². The van der Waals surface area contributed by atoms with Gasteiger partial charge in [-0.05, 0) is 102 Å². The molecule has 0 N–H and O–H groups in total. The van der Waals surface area contributed by atoms with Crippen molar-refractivity contribution >= 4 is 51.9 Å². The van der Waals surface area contributed by atoms with Crippen molar-refractivity contribution in [1.82, 2.24) is 12.3 Å². The van der Waals surface area contributed by atoms with Crippen LogP contribution >= 0.6 is 0 Å². The van der Waals surface area contributed by atoms with Gasteiger partial charge >= 0.3 is 0 Å². The molecule has 17 heteroatoms. The molecule has 1 aliphatic heterocycles. The molecular weight excluding hydrogens is 823 g/mol. The smallest absolute Gasteiger partial charge is 0.261 e. The van der Waals surface area contributed by atoms with Gasteiger partial charge in [-0.15, -0.1) is 0 Å². The first-order chi connectivity index (χ1) is 27.2. The van der Waals surface area contributed by atoms with Crippen LogP contribution in [0.15, 0.2) is 141 Å². The Labute approximate surface area is 339 Å².